The molecule has 8 heteroatoms. The Hall–Kier alpha value is -1.60. The van der Waals surface area contributed by atoms with E-state index in [1.807, 2.05) is 0 Å². The average Bonchev–Trinajstić information content (AvgIpc) is 2.59. The maximum absolute atomic E-state index is 12.6. The monoisotopic (exact) mass is 382 g/mol. The second-order valence-electron chi connectivity index (χ2n) is 6.17. The lowest BCUT2D eigenvalue weighted by molar-refractivity contribution is 0.122. The Balaban J connectivity index is 1.79. The summed E-state index contributed by atoms with van der Waals surface area (Å²) in [4.78, 5) is 16.8. The van der Waals surface area contributed by atoms with Crippen LogP contribution in [0.3, 0.4) is 0 Å². The quantitative estimate of drug-likeness (QED) is 0.876. The van der Waals surface area contributed by atoms with E-state index < -0.39 is 0 Å². The topological polar surface area (TPSA) is 61.6 Å². The van der Waals surface area contributed by atoms with Crippen molar-refractivity contribution in [3.8, 4) is 5.69 Å². The molecule has 2 heterocycles. The zero-order valence-corrected chi connectivity index (χ0v) is 15.4. The number of hydrogen-bond donors (Lipinski definition) is 1. The van der Waals surface area contributed by atoms with E-state index in [0.29, 0.717) is 22.9 Å². The SMILES string of the molecule is C[C@@H](O)CN1CCN(c2cnn(-c3ccc(Cl)cc3)c(=O)c2Cl)CC1. The Labute approximate surface area is 156 Å². The number of halogens is 2. The van der Waals surface area contributed by atoms with Crippen molar-refractivity contribution in [3.05, 3.63) is 50.9 Å². The number of aliphatic hydroxyl groups excluding tert-OH is 1. The number of benzene rings is 1. The predicted molar refractivity (Wildman–Crippen MR) is 100 cm³/mol. The van der Waals surface area contributed by atoms with E-state index in [9.17, 15) is 9.90 Å². The highest BCUT2D eigenvalue weighted by Crippen LogP contribution is 2.23. The molecule has 1 fully saturated rings. The van der Waals surface area contributed by atoms with Crippen molar-refractivity contribution in [2.45, 2.75) is 13.0 Å². The summed E-state index contributed by atoms with van der Waals surface area (Å²) in [5.41, 5.74) is 0.908. The maximum Gasteiger partial charge on any atom is 0.292 e. The Kier molecular flexibility index (Phi) is 5.64. The number of nitrogens with zero attached hydrogens (tertiary/aromatic N) is 4. The van der Waals surface area contributed by atoms with Crippen LogP contribution in [0.15, 0.2) is 35.3 Å². The zero-order valence-electron chi connectivity index (χ0n) is 13.9. The van der Waals surface area contributed by atoms with E-state index >= 15 is 0 Å². The highest BCUT2D eigenvalue weighted by atomic mass is 35.5. The summed E-state index contributed by atoms with van der Waals surface area (Å²) < 4.78 is 1.27. The van der Waals surface area contributed by atoms with E-state index in [4.69, 9.17) is 23.2 Å². The van der Waals surface area contributed by atoms with E-state index in [2.05, 4.69) is 14.9 Å². The normalized spacial score (nSPS) is 16.9. The van der Waals surface area contributed by atoms with Crippen LogP contribution in [0.4, 0.5) is 5.69 Å². The van der Waals surface area contributed by atoms with Crippen LogP contribution in [-0.2, 0) is 0 Å². The van der Waals surface area contributed by atoms with Gasteiger partial charge >= 0.3 is 0 Å². The van der Waals surface area contributed by atoms with Gasteiger partial charge in [0.25, 0.3) is 5.56 Å². The summed E-state index contributed by atoms with van der Waals surface area (Å²) in [7, 11) is 0. The third kappa shape index (κ3) is 4.15. The Bertz CT molecular complexity index is 784. The summed E-state index contributed by atoms with van der Waals surface area (Å²) in [6.45, 7) is 5.52. The fourth-order valence-electron chi connectivity index (χ4n) is 2.96. The summed E-state index contributed by atoms with van der Waals surface area (Å²) in [5, 5.41) is 14.5. The molecule has 1 aromatic carbocycles. The number of rotatable bonds is 4. The molecule has 1 N–H and O–H groups in total. The Morgan fingerprint density at radius 2 is 1.80 bits per heavy atom. The van der Waals surface area contributed by atoms with Crippen molar-refractivity contribution in [1.29, 1.82) is 0 Å². The summed E-state index contributed by atoms with van der Waals surface area (Å²) in [6, 6.07) is 6.85. The molecule has 1 atom stereocenters. The fraction of sp³-hybridized carbons (Fsp3) is 0.412. The molecule has 3 rings (SSSR count). The minimum absolute atomic E-state index is 0.161. The molecule has 1 aliphatic rings. The molecule has 0 unspecified atom stereocenters. The number of piperazine rings is 1. The lowest BCUT2D eigenvalue weighted by atomic mass is 10.2. The summed E-state index contributed by atoms with van der Waals surface area (Å²) in [6.07, 6.45) is 1.28. The molecule has 134 valence electrons. The van der Waals surface area contributed by atoms with Gasteiger partial charge in [0.2, 0.25) is 0 Å². The molecule has 1 aromatic heterocycles. The van der Waals surface area contributed by atoms with Crippen molar-refractivity contribution in [2.75, 3.05) is 37.6 Å². The van der Waals surface area contributed by atoms with Crippen molar-refractivity contribution in [3.63, 3.8) is 0 Å². The van der Waals surface area contributed by atoms with Gasteiger partial charge < -0.3 is 10.0 Å². The zero-order chi connectivity index (χ0) is 18.0. The van der Waals surface area contributed by atoms with Gasteiger partial charge in [0, 0.05) is 37.7 Å². The van der Waals surface area contributed by atoms with Gasteiger partial charge in [-0.15, -0.1) is 0 Å². The number of aromatic nitrogens is 2. The van der Waals surface area contributed by atoms with Gasteiger partial charge in [0.1, 0.15) is 5.02 Å². The minimum atomic E-state index is -0.354. The first-order chi connectivity index (χ1) is 12.0. The van der Waals surface area contributed by atoms with Crippen molar-refractivity contribution in [2.24, 2.45) is 0 Å². The van der Waals surface area contributed by atoms with Crippen LogP contribution in [0, 0.1) is 0 Å². The van der Waals surface area contributed by atoms with Gasteiger partial charge in [-0.3, -0.25) is 9.69 Å². The van der Waals surface area contributed by atoms with Crippen LogP contribution < -0.4 is 10.5 Å². The number of β-amino-alcohol motifs (C(OH)–C–C–N with tert-alkyl or cyclic N) is 1. The molecule has 1 aliphatic heterocycles. The van der Waals surface area contributed by atoms with E-state index in [-0.39, 0.29) is 16.7 Å². The fourth-order valence-corrected chi connectivity index (χ4v) is 3.33. The maximum atomic E-state index is 12.6. The van der Waals surface area contributed by atoms with Gasteiger partial charge in [-0.2, -0.15) is 9.78 Å². The van der Waals surface area contributed by atoms with Crippen LogP contribution in [0.2, 0.25) is 10.0 Å². The van der Waals surface area contributed by atoms with Crippen LogP contribution in [-0.4, -0.2) is 58.6 Å². The lowest BCUT2D eigenvalue weighted by Crippen LogP contribution is -2.48. The lowest BCUT2D eigenvalue weighted by Gasteiger charge is -2.36. The second kappa shape index (κ2) is 7.74. The van der Waals surface area contributed by atoms with Gasteiger partial charge in [-0.05, 0) is 31.2 Å². The predicted octanol–water partition coefficient (Wildman–Crippen LogP) is 2.04. The van der Waals surface area contributed by atoms with Gasteiger partial charge in [-0.1, -0.05) is 23.2 Å². The molecule has 25 heavy (non-hydrogen) atoms. The molecule has 0 bridgehead atoms. The van der Waals surface area contributed by atoms with E-state index in [1.54, 1.807) is 37.4 Å². The number of anilines is 1. The van der Waals surface area contributed by atoms with Gasteiger partial charge in [0.05, 0.1) is 23.7 Å². The molecular weight excluding hydrogens is 363 g/mol. The van der Waals surface area contributed by atoms with Crippen LogP contribution in [0.1, 0.15) is 6.92 Å². The first-order valence-electron chi connectivity index (χ1n) is 8.15. The summed E-state index contributed by atoms with van der Waals surface area (Å²) in [5.74, 6) is 0. The molecule has 0 spiro atoms. The average molecular weight is 383 g/mol. The first kappa shape index (κ1) is 18.2. The molecular formula is C17H20Cl2N4O2. The second-order valence-corrected chi connectivity index (χ2v) is 6.99. The molecule has 0 radical (unpaired) electrons. The van der Waals surface area contributed by atoms with Crippen LogP contribution >= 0.6 is 23.2 Å². The van der Waals surface area contributed by atoms with Gasteiger partial charge in [0.15, 0.2) is 0 Å². The molecule has 1 saturated heterocycles. The van der Waals surface area contributed by atoms with Crippen molar-refractivity contribution in [1.82, 2.24) is 14.7 Å². The summed E-state index contributed by atoms with van der Waals surface area (Å²) >= 11 is 12.2. The van der Waals surface area contributed by atoms with Crippen LogP contribution in [0.5, 0.6) is 0 Å². The first-order valence-corrected chi connectivity index (χ1v) is 8.90. The molecule has 6 nitrogen and oxygen atoms in total. The molecule has 0 saturated carbocycles. The molecule has 2 aromatic rings. The highest BCUT2D eigenvalue weighted by Gasteiger charge is 2.22. The Morgan fingerprint density at radius 1 is 1.16 bits per heavy atom. The molecule has 0 amide bonds. The standard InChI is InChI=1S/C17H20Cl2N4O2/c1-12(24)11-21-6-8-22(9-7-21)15-10-20-23(17(25)16(15)19)14-4-2-13(18)3-5-14/h2-5,10,12,24H,6-9,11H2,1H3/t12-/m1/s1. The van der Waals surface area contributed by atoms with E-state index in [0.717, 1.165) is 26.2 Å². The minimum Gasteiger partial charge on any atom is -0.392 e. The smallest absolute Gasteiger partial charge is 0.292 e. The van der Waals surface area contributed by atoms with Crippen molar-refractivity contribution < 1.29 is 5.11 Å². The highest BCUT2D eigenvalue weighted by molar-refractivity contribution is 6.33. The molecule has 0 aliphatic carbocycles. The third-order valence-corrected chi connectivity index (χ3v) is 4.81. The third-order valence-electron chi connectivity index (χ3n) is 4.21. The Morgan fingerprint density at radius 3 is 2.40 bits per heavy atom. The van der Waals surface area contributed by atoms with Crippen molar-refractivity contribution >= 4 is 28.9 Å². The number of aliphatic hydroxyl groups is 1. The number of hydrogen-bond acceptors (Lipinski definition) is 5. The van der Waals surface area contributed by atoms with E-state index in [1.165, 1.54) is 4.68 Å². The van der Waals surface area contributed by atoms with Gasteiger partial charge in [-0.25, -0.2) is 0 Å². The largest absolute Gasteiger partial charge is 0.392 e. The van der Waals surface area contributed by atoms with Crippen LogP contribution in [0.25, 0.3) is 5.69 Å².